The largest absolute Gasteiger partial charge is 0.337 e. The van der Waals surface area contributed by atoms with Crippen LogP contribution in [0.15, 0.2) is 22.7 Å². The Hall–Kier alpha value is -0.140. The van der Waals surface area contributed by atoms with Crippen LogP contribution in [0, 0.1) is 9.49 Å². The van der Waals surface area contributed by atoms with Crippen LogP contribution in [0.5, 0.6) is 0 Å². The monoisotopic (exact) mass is 422 g/mol. The molecule has 2 rings (SSSR count). The first kappa shape index (κ1) is 14.3. The molecule has 0 saturated carbocycles. The predicted octanol–water partition coefficient (Wildman–Crippen LogP) is 2.86. The van der Waals surface area contributed by atoms with E-state index in [1.807, 2.05) is 23.1 Å². The Kier molecular flexibility index (Phi) is 4.66. The number of nitrogens with zero attached hydrogens (tertiary/aromatic N) is 1. The summed E-state index contributed by atoms with van der Waals surface area (Å²) in [6, 6.07) is 5.88. The van der Waals surface area contributed by atoms with Gasteiger partial charge in [-0.2, -0.15) is 0 Å². The van der Waals surface area contributed by atoms with Crippen LogP contribution in [0.2, 0.25) is 0 Å². The van der Waals surface area contributed by atoms with E-state index in [0.29, 0.717) is 12.5 Å². The second kappa shape index (κ2) is 5.88. The molecule has 98 valence electrons. The number of likely N-dealkylation sites (tertiary alicyclic amines) is 1. The number of rotatable bonds is 1. The number of hydrogen-bond donors (Lipinski definition) is 1. The number of hydrogen-bond acceptors (Lipinski definition) is 2. The minimum Gasteiger partial charge on any atom is -0.337 e. The second-order valence-electron chi connectivity index (χ2n) is 4.94. The third-order valence-electron chi connectivity index (χ3n) is 3.14. The van der Waals surface area contributed by atoms with Crippen LogP contribution >= 0.6 is 38.5 Å². The normalized spacial score (nSPS) is 24.1. The van der Waals surface area contributed by atoms with Crippen molar-refractivity contribution in [2.24, 2.45) is 11.7 Å². The van der Waals surface area contributed by atoms with E-state index in [9.17, 15) is 4.79 Å². The van der Waals surface area contributed by atoms with E-state index in [1.54, 1.807) is 0 Å². The van der Waals surface area contributed by atoms with Crippen molar-refractivity contribution in [2.75, 3.05) is 13.1 Å². The molecule has 0 spiro atoms. The van der Waals surface area contributed by atoms with Crippen molar-refractivity contribution in [3.05, 3.63) is 31.8 Å². The maximum absolute atomic E-state index is 12.5. The number of carbonyl (C=O) groups is 1. The molecule has 0 radical (unpaired) electrons. The maximum atomic E-state index is 12.5. The molecule has 0 bridgehead atoms. The molecule has 1 aliphatic rings. The van der Waals surface area contributed by atoms with Gasteiger partial charge in [0.1, 0.15) is 0 Å². The van der Waals surface area contributed by atoms with Gasteiger partial charge < -0.3 is 10.6 Å². The molecule has 5 heteroatoms. The van der Waals surface area contributed by atoms with E-state index < -0.39 is 0 Å². The minimum atomic E-state index is 0.0858. The fourth-order valence-electron chi connectivity index (χ4n) is 2.40. The molecule has 3 nitrogen and oxygen atoms in total. The van der Waals surface area contributed by atoms with Crippen LogP contribution in [0.25, 0.3) is 0 Å². The standard InChI is InChI=1S/C13H16BrIN2O/c1-8-4-10(16)7-17(6-8)13(18)11-5-9(14)2-3-12(11)15/h2-3,5,8,10H,4,6-7,16H2,1H3. The Balaban J connectivity index is 2.22. The molecule has 1 aromatic rings. The average Bonchev–Trinajstić information content (AvgIpc) is 2.30. The van der Waals surface area contributed by atoms with Gasteiger partial charge in [-0.15, -0.1) is 0 Å². The van der Waals surface area contributed by atoms with Gasteiger partial charge in [-0.05, 0) is 53.1 Å². The summed E-state index contributed by atoms with van der Waals surface area (Å²) in [4.78, 5) is 14.4. The van der Waals surface area contributed by atoms with Crippen molar-refractivity contribution in [3.63, 3.8) is 0 Å². The molecular formula is C13H16BrIN2O. The zero-order chi connectivity index (χ0) is 13.3. The highest BCUT2D eigenvalue weighted by atomic mass is 127. The lowest BCUT2D eigenvalue weighted by molar-refractivity contribution is 0.0660. The summed E-state index contributed by atoms with van der Waals surface area (Å²) in [5.74, 6) is 0.560. The number of benzene rings is 1. The minimum absolute atomic E-state index is 0.0858. The number of nitrogens with two attached hydrogens (primary N) is 1. The van der Waals surface area contributed by atoms with Crippen molar-refractivity contribution in [1.82, 2.24) is 4.90 Å². The van der Waals surface area contributed by atoms with Crippen LogP contribution in [0.3, 0.4) is 0 Å². The van der Waals surface area contributed by atoms with Crippen LogP contribution in [-0.4, -0.2) is 29.9 Å². The van der Waals surface area contributed by atoms with E-state index in [2.05, 4.69) is 45.4 Å². The van der Waals surface area contributed by atoms with Gasteiger partial charge in [-0.1, -0.05) is 22.9 Å². The van der Waals surface area contributed by atoms with Gasteiger partial charge in [0, 0.05) is 27.2 Å². The zero-order valence-electron chi connectivity index (χ0n) is 10.2. The quantitative estimate of drug-likeness (QED) is 0.707. The highest BCUT2D eigenvalue weighted by molar-refractivity contribution is 14.1. The molecular weight excluding hydrogens is 407 g/mol. The topological polar surface area (TPSA) is 46.3 Å². The smallest absolute Gasteiger partial charge is 0.255 e. The highest BCUT2D eigenvalue weighted by Crippen LogP contribution is 2.23. The first-order valence-electron chi connectivity index (χ1n) is 5.97. The van der Waals surface area contributed by atoms with Crippen molar-refractivity contribution in [1.29, 1.82) is 0 Å². The molecule has 0 aliphatic carbocycles. The predicted molar refractivity (Wildman–Crippen MR) is 84.5 cm³/mol. The first-order chi connectivity index (χ1) is 8.47. The molecule has 1 fully saturated rings. The highest BCUT2D eigenvalue weighted by Gasteiger charge is 2.27. The number of amides is 1. The Bertz CT molecular complexity index is 456. The number of piperidine rings is 1. The molecule has 2 atom stereocenters. The van der Waals surface area contributed by atoms with Gasteiger partial charge in [-0.3, -0.25) is 4.79 Å². The molecule has 1 amide bonds. The van der Waals surface area contributed by atoms with Gasteiger partial charge in [0.05, 0.1) is 5.56 Å². The molecule has 1 heterocycles. The van der Waals surface area contributed by atoms with E-state index in [1.165, 1.54) is 0 Å². The summed E-state index contributed by atoms with van der Waals surface area (Å²) in [5.41, 5.74) is 6.75. The van der Waals surface area contributed by atoms with E-state index in [4.69, 9.17) is 5.73 Å². The Morgan fingerprint density at radius 2 is 2.22 bits per heavy atom. The van der Waals surface area contributed by atoms with Crippen LogP contribution in [0.4, 0.5) is 0 Å². The fraction of sp³-hybridized carbons (Fsp3) is 0.462. The Morgan fingerprint density at radius 3 is 2.89 bits per heavy atom. The van der Waals surface area contributed by atoms with Crippen molar-refractivity contribution < 1.29 is 4.79 Å². The summed E-state index contributed by atoms with van der Waals surface area (Å²) in [6.45, 7) is 3.60. The Morgan fingerprint density at radius 1 is 1.50 bits per heavy atom. The number of halogens is 2. The summed E-state index contributed by atoms with van der Waals surface area (Å²) in [5, 5.41) is 0. The molecule has 18 heavy (non-hydrogen) atoms. The molecule has 1 aliphatic heterocycles. The number of carbonyl (C=O) groups excluding carboxylic acids is 1. The molecule has 1 saturated heterocycles. The third kappa shape index (κ3) is 3.24. The van der Waals surface area contributed by atoms with Crippen LogP contribution < -0.4 is 5.73 Å². The molecule has 2 unspecified atom stereocenters. The van der Waals surface area contributed by atoms with Crippen LogP contribution in [0.1, 0.15) is 23.7 Å². The second-order valence-corrected chi connectivity index (χ2v) is 7.01. The summed E-state index contributed by atoms with van der Waals surface area (Å²) in [7, 11) is 0. The lowest BCUT2D eigenvalue weighted by Crippen LogP contribution is -2.49. The van der Waals surface area contributed by atoms with Crippen LogP contribution in [-0.2, 0) is 0 Å². The first-order valence-corrected chi connectivity index (χ1v) is 7.84. The van der Waals surface area contributed by atoms with E-state index >= 15 is 0 Å². The summed E-state index contributed by atoms with van der Waals surface area (Å²) >= 11 is 5.61. The third-order valence-corrected chi connectivity index (χ3v) is 4.57. The maximum Gasteiger partial charge on any atom is 0.255 e. The molecule has 1 aromatic carbocycles. The SMILES string of the molecule is CC1CC(N)CN(C(=O)c2cc(Br)ccc2I)C1. The zero-order valence-corrected chi connectivity index (χ0v) is 13.9. The van der Waals surface area contributed by atoms with E-state index in [-0.39, 0.29) is 11.9 Å². The van der Waals surface area contributed by atoms with Crippen molar-refractivity contribution in [2.45, 2.75) is 19.4 Å². The van der Waals surface area contributed by atoms with Gasteiger partial charge in [0.25, 0.3) is 5.91 Å². The Labute approximate surface area is 129 Å². The average molecular weight is 423 g/mol. The van der Waals surface area contributed by atoms with E-state index in [0.717, 1.165) is 26.6 Å². The van der Waals surface area contributed by atoms with Gasteiger partial charge in [0.15, 0.2) is 0 Å². The lowest BCUT2D eigenvalue weighted by atomic mass is 9.96. The fourth-order valence-corrected chi connectivity index (χ4v) is 3.32. The summed E-state index contributed by atoms with van der Waals surface area (Å²) in [6.07, 6.45) is 0.999. The van der Waals surface area contributed by atoms with Gasteiger partial charge >= 0.3 is 0 Å². The van der Waals surface area contributed by atoms with Gasteiger partial charge in [0.2, 0.25) is 0 Å². The van der Waals surface area contributed by atoms with Gasteiger partial charge in [-0.25, -0.2) is 0 Å². The molecule has 2 N–H and O–H groups in total. The molecule has 0 aromatic heterocycles. The van der Waals surface area contributed by atoms with Crippen molar-refractivity contribution >= 4 is 44.4 Å². The lowest BCUT2D eigenvalue weighted by Gasteiger charge is -2.35. The van der Waals surface area contributed by atoms with Crippen molar-refractivity contribution in [3.8, 4) is 0 Å². The summed E-state index contributed by atoms with van der Waals surface area (Å²) < 4.78 is 1.91.